The van der Waals surface area contributed by atoms with Crippen molar-refractivity contribution in [2.45, 2.75) is 46.0 Å². The maximum absolute atomic E-state index is 12.6. The number of rotatable bonds is 1. The first kappa shape index (κ1) is 16.8. The summed E-state index contributed by atoms with van der Waals surface area (Å²) in [5.41, 5.74) is 2.10. The Labute approximate surface area is 151 Å². The van der Waals surface area contributed by atoms with Crippen molar-refractivity contribution >= 4 is 28.6 Å². The SMILES string of the molecule is CC(=O)n1cc([C@H]2CC(=O)OC3=C2CC(=O)C(C)(C)C3)c2ccccc21. The Balaban J connectivity index is 1.90. The molecule has 1 aromatic carbocycles. The molecule has 5 heteroatoms. The Kier molecular flexibility index (Phi) is 3.65. The number of carbonyl (C=O) groups is 3. The molecule has 0 N–H and O–H groups in total. The fourth-order valence-corrected chi connectivity index (χ4v) is 4.05. The average molecular weight is 351 g/mol. The summed E-state index contributed by atoms with van der Waals surface area (Å²) in [6, 6.07) is 7.66. The Hall–Kier alpha value is -2.69. The monoisotopic (exact) mass is 351 g/mol. The number of fused-ring (bicyclic) bond motifs is 1. The van der Waals surface area contributed by atoms with Gasteiger partial charge in [0.25, 0.3) is 0 Å². The summed E-state index contributed by atoms with van der Waals surface area (Å²) in [4.78, 5) is 36.9. The van der Waals surface area contributed by atoms with Crippen molar-refractivity contribution in [1.82, 2.24) is 4.57 Å². The van der Waals surface area contributed by atoms with Crippen molar-refractivity contribution in [2.24, 2.45) is 5.41 Å². The first-order valence-electron chi connectivity index (χ1n) is 8.85. The summed E-state index contributed by atoms with van der Waals surface area (Å²) in [7, 11) is 0. The number of ketones is 1. The van der Waals surface area contributed by atoms with E-state index in [1.54, 1.807) is 4.57 Å². The van der Waals surface area contributed by atoms with Gasteiger partial charge in [0.05, 0.1) is 11.9 Å². The normalized spacial score (nSPS) is 22.3. The molecule has 2 aliphatic rings. The third-order valence-corrected chi connectivity index (χ3v) is 5.55. The van der Waals surface area contributed by atoms with E-state index < -0.39 is 5.41 Å². The van der Waals surface area contributed by atoms with Gasteiger partial charge in [0.1, 0.15) is 11.5 Å². The highest BCUT2D eigenvalue weighted by Gasteiger charge is 2.42. The summed E-state index contributed by atoms with van der Waals surface area (Å²) in [5, 5.41) is 0.937. The van der Waals surface area contributed by atoms with Crippen molar-refractivity contribution < 1.29 is 19.1 Å². The molecule has 5 nitrogen and oxygen atoms in total. The molecule has 4 rings (SSSR count). The summed E-state index contributed by atoms with van der Waals surface area (Å²) >= 11 is 0. The first-order valence-corrected chi connectivity index (χ1v) is 8.85. The molecule has 0 spiro atoms. The number of Topliss-reactive ketones (excluding diaryl/α,β-unsaturated/α-hetero) is 1. The molecule has 1 aliphatic heterocycles. The number of esters is 1. The second-order valence-corrected chi connectivity index (χ2v) is 7.83. The smallest absolute Gasteiger partial charge is 0.311 e. The minimum atomic E-state index is -0.519. The third-order valence-electron chi connectivity index (χ3n) is 5.55. The largest absolute Gasteiger partial charge is 0.431 e. The van der Waals surface area contributed by atoms with Crippen LogP contribution in [0.2, 0.25) is 0 Å². The lowest BCUT2D eigenvalue weighted by molar-refractivity contribution is -0.144. The van der Waals surface area contributed by atoms with Crippen molar-refractivity contribution in [3.8, 4) is 0 Å². The van der Waals surface area contributed by atoms with Crippen LogP contribution >= 0.6 is 0 Å². The van der Waals surface area contributed by atoms with Crippen LogP contribution < -0.4 is 0 Å². The zero-order valence-electron chi connectivity index (χ0n) is 15.2. The number of para-hydroxylation sites is 1. The molecular formula is C21H21NO4. The molecular weight excluding hydrogens is 330 g/mol. The van der Waals surface area contributed by atoms with E-state index in [-0.39, 0.29) is 30.0 Å². The molecule has 0 fully saturated rings. The van der Waals surface area contributed by atoms with Crippen molar-refractivity contribution in [1.29, 1.82) is 0 Å². The van der Waals surface area contributed by atoms with E-state index in [1.807, 2.05) is 44.3 Å². The van der Waals surface area contributed by atoms with Gasteiger partial charge in [-0.25, -0.2) is 0 Å². The van der Waals surface area contributed by atoms with Crippen LogP contribution in [0.15, 0.2) is 41.8 Å². The third kappa shape index (κ3) is 2.50. The molecule has 0 radical (unpaired) electrons. The number of benzene rings is 1. The Morgan fingerprint density at radius 3 is 2.69 bits per heavy atom. The number of ether oxygens (including phenoxy) is 1. The highest BCUT2D eigenvalue weighted by Crippen LogP contribution is 2.47. The van der Waals surface area contributed by atoms with Gasteiger partial charge in [-0.1, -0.05) is 32.0 Å². The maximum atomic E-state index is 12.6. The van der Waals surface area contributed by atoms with Gasteiger partial charge in [-0.3, -0.25) is 19.0 Å². The van der Waals surface area contributed by atoms with Crippen LogP contribution in [0.25, 0.3) is 10.9 Å². The van der Waals surface area contributed by atoms with E-state index in [0.717, 1.165) is 22.0 Å². The summed E-state index contributed by atoms with van der Waals surface area (Å²) in [5.74, 6) is 0.209. The topological polar surface area (TPSA) is 65.4 Å². The number of aromatic nitrogens is 1. The number of carbonyl (C=O) groups excluding carboxylic acids is 3. The fourth-order valence-electron chi connectivity index (χ4n) is 4.05. The summed E-state index contributed by atoms with van der Waals surface area (Å²) < 4.78 is 7.12. The van der Waals surface area contributed by atoms with Crippen LogP contribution in [0.1, 0.15) is 56.3 Å². The predicted octanol–water partition coefficient (Wildman–Crippen LogP) is 3.98. The molecule has 1 atom stereocenters. The standard InChI is InChI=1S/C21H21NO4/c1-12(23)22-11-16(13-6-4-5-7-17(13)22)14-9-20(25)26-18-10-21(2,3)19(24)8-15(14)18/h4-7,11,14H,8-10H2,1-3H3/t14-/m0/s1. The van der Waals surface area contributed by atoms with Gasteiger partial charge >= 0.3 is 5.97 Å². The first-order chi connectivity index (χ1) is 12.3. The fraction of sp³-hybridized carbons (Fsp3) is 0.381. The van der Waals surface area contributed by atoms with Gasteiger partial charge in [-0.2, -0.15) is 0 Å². The molecule has 134 valence electrons. The maximum Gasteiger partial charge on any atom is 0.311 e. The minimum Gasteiger partial charge on any atom is -0.431 e. The second kappa shape index (κ2) is 5.66. The van der Waals surface area contributed by atoms with Crippen LogP contribution in [-0.2, 0) is 14.3 Å². The Bertz CT molecular complexity index is 993. The van der Waals surface area contributed by atoms with E-state index in [0.29, 0.717) is 18.6 Å². The Morgan fingerprint density at radius 1 is 1.23 bits per heavy atom. The minimum absolute atomic E-state index is 0.0825. The Morgan fingerprint density at radius 2 is 1.96 bits per heavy atom. The van der Waals surface area contributed by atoms with Gasteiger partial charge in [0, 0.05) is 42.7 Å². The van der Waals surface area contributed by atoms with Crippen molar-refractivity contribution in [3.63, 3.8) is 0 Å². The second-order valence-electron chi connectivity index (χ2n) is 7.83. The lowest BCUT2D eigenvalue weighted by Gasteiger charge is -2.36. The van der Waals surface area contributed by atoms with E-state index in [2.05, 4.69) is 0 Å². The van der Waals surface area contributed by atoms with Gasteiger partial charge < -0.3 is 4.74 Å². The molecule has 1 aromatic heterocycles. The molecule has 0 bridgehead atoms. The molecule has 0 saturated carbocycles. The zero-order valence-corrected chi connectivity index (χ0v) is 15.2. The van der Waals surface area contributed by atoms with E-state index in [9.17, 15) is 14.4 Å². The molecule has 0 unspecified atom stereocenters. The highest BCUT2D eigenvalue weighted by atomic mass is 16.5. The number of hydrogen-bond donors (Lipinski definition) is 0. The highest BCUT2D eigenvalue weighted by molar-refractivity contribution is 5.95. The molecule has 0 saturated heterocycles. The number of hydrogen-bond acceptors (Lipinski definition) is 4. The molecule has 0 amide bonds. The average Bonchev–Trinajstić information content (AvgIpc) is 2.95. The quantitative estimate of drug-likeness (QED) is 0.729. The van der Waals surface area contributed by atoms with E-state index >= 15 is 0 Å². The lowest BCUT2D eigenvalue weighted by atomic mass is 9.71. The molecule has 2 aromatic rings. The van der Waals surface area contributed by atoms with Gasteiger partial charge in [0.15, 0.2) is 0 Å². The van der Waals surface area contributed by atoms with Crippen LogP contribution in [-0.4, -0.2) is 22.2 Å². The summed E-state index contributed by atoms with van der Waals surface area (Å²) in [6.45, 7) is 5.29. The van der Waals surface area contributed by atoms with Crippen LogP contribution in [0.5, 0.6) is 0 Å². The van der Waals surface area contributed by atoms with E-state index in [1.165, 1.54) is 6.92 Å². The number of allylic oxidation sites excluding steroid dienone is 2. The lowest BCUT2D eigenvalue weighted by Crippen LogP contribution is -2.35. The van der Waals surface area contributed by atoms with Gasteiger partial charge in [-0.05, 0) is 17.2 Å². The molecule has 1 aliphatic carbocycles. The zero-order chi connectivity index (χ0) is 18.6. The van der Waals surface area contributed by atoms with Gasteiger partial charge in [0.2, 0.25) is 5.91 Å². The van der Waals surface area contributed by atoms with Crippen LogP contribution in [0, 0.1) is 5.41 Å². The summed E-state index contributed by atoms with van der Waals surface area (Å²) in [6.07, 6.45) is 2.73. The molecule has 2 heterocycles. The molecule has 26 heavy (non-hydrogen) atoms. The van der Waals surface area contributed by atoms with Crippen molar-refractivity contribution in [2.75, 3.05) is 0 Å². The predicted molar refractivity (Wildman–Crippen MR) is 96.7 cm³/mol. The number of nitrogens with zero attached hydrogens (tertiary/aromatic N) is 1. The van der Waals surface area contributed by atoms with E-state index in [4.69, 9.17) is 4.74 Å². The van der Waals surface area contributed by atoms with Crippen LogP contribution in [0.3, 0.4) is 0 Å². The van der Waals surface area contributed by atoms with Crippen LogP contribution in [0.4, 0.5) is 0 Å². The van der Waals surface area contributed by atoms with Gasteiger partial charge in [-0.15, -0.1) is 0 Å². The van der Waals surface area contributed by atoms with Crippen molar-refractivity contribution in [3.05, 3.63) is 47.4 Å².